The van der Waals surface area contributed by atoms with Crippen molar-refractivity contribution in [2.45, 2.75) is 33.1 Å². The maximum atomic E-state index is 11.8. The van der Waals surface area contributed by atoms with E-state index in [1.54, 1.807) is 0 Å². The van der Waals surface area contributed by atoms with Crippen LogP contribution in [0.15, 0.2) is 24.3 Å². The molecule has 4 heteroatoms. The first kappa shape index (κ1) is 16.7. The number of carbonyl (C=O) groups excluding carboxylic acids is 1. The van der Waals surface area contributed by atoms with Crippen LogP contribution in [0.2, 0.25) is 0 Å². The molecule has 1 unspecified atom stereocenters. The molecule has 0 heterocycles. The van der Waals surface area contributed by atoms with E-state index < -0.39 is 0 Å². The second-order valence-electron chi connectivity index (χ2n) is 5.22. The molecule has 0 radical (unpaired) electrons. The zero-order chi connectivity index (χ0) is 14.8. The van der Waals surface area contributed by atoms with Crippen molar-refractivity contribution >= 4 is 11.6 Å². The molecule has 0 aromatic heterocycles. The van der Waals surface area contributed by atoms with Crippen LogP contribution in [0.1, 0.15) is 31.7 Å². The molecule has 0 aliphatic carbocycles. The van der Waals surface area contributed by atoms with Crippen LogP contribution < -0.4 is 10.6 Å². The topological polar surface area (TPSA) is 61.4 Å². The lowest BCUT2D eigenvalue weighted by atomic mass is 10.0. The molecule has 0 spiro atoms. The summed E-state index contributed by atoms with van der Waals surface area (Å²) in [6.07, 6.45) is 2.97. The van der Waals surface area contributed by atoms with E-state index in [0.717, 1.165) is 37.1 Å². The van der Waals surface area contributed by atoms with Crippen molar-refractivity contribution in [2.24, 2.45) is 5.92 Å². The number of carbonyl (C=O) groups is 1. The van der Waals surface area contributed by atoms with E-state index in [2.05, 4.69) is 17.6 Å². The van der Waals surface area contributed by atoms with Crippen molar-refractivity contribution < 1.29 is 9.90 Å². The maximum Gasteiger partial charge on any atom is 0.238 e. The summed E-state index contributed by atoms with van der Waals surface area (Å²) in [4.78, 5) is 11.8. The molecule has 1 atom stereocenters. The molecule has 1 aromatic rings. The van der Waals surface area contributed by atoms with E-state index in [9.17, 15) is 4.79 Å². The smallest absolute Gasteiger partial charge is 0.238 e. The fourth-order valence-corrected chi connectivity index (χ4v) is 2.26. The molecule has 0 saturated carbocycles. The fourth-order valence-electron chi connectivity index (χ4n) is 2.26. The number of amides is 1. The highest BCUT2D eigenvalue weighted by atomic mass is 16.3. The van der Waals surface area contributed by atoms with Gasteiger partial charge in [0.2, 0.25) is 5.91 Å². The highest BCUT2D eigenvalue weighted by molar-refractivity contribution is 5.92. The second kappa shape index (κ2) is 9.50. The van der Waals surface area contributed by atoms with Crippen molar-refractivity contribution in [3.63, 3.8) is 0 Å². The van der Waals surface area contributed by atoms with Crippen molar-refractivity contribution in [3.05, 3.63) is 29.8 Å². The van der Waals surface area contributed by atoms with E-state index >= 15 is 0 Å². The fraction of sp³-hybridized carbons (Fsp3) is 0.562. The van der Waals surface area contributed by atoms with Crippen LogP contribution in [-0.2, 0) is 4.79 Å². The minimum Gasteiger partial charge on any atom is -0.396 e. The molecule has 1 amide bonds. The normalized spacial score (nSPS) is 12.2. The number of anilines is 1. The van der Waals surface area contributed by atoms with Gasteiger partial charge in [-0.15, -0.1) is 0 Å². The molecule has 0 saturated heterocycles. The number of aliphatic hydroxyl groups excluding tert-OH is 1. The first-order chi connectivity index (χ1) is 9.65. The van der Waals surface area contributed by atoms with Crippen LogP contribution >= 0.6 is 0 Å². The summed E-state index contributed by atoms with van der Waals surface area (Å²) < 4.78 is 0. The minimum atomic E-state index is -0.0325. The van der Waals surface area contributed by atoms with Gasteiger partial charge in [0.05, 0.1) is 6.54 Å². The first-order valence-corrected chi connectivity index (χ1v) is 7.33. The summed E-state index contributed by atoms with van der Waals surface area (Å²) >= 11 is 0. The molecule has 1 aromatic carbocycles. The highest BCUT2D eigenvalue weighted by Gasteiger charge is 2.08. The van der Waals surface area contributed by atoms with Gasteiger partial charge in [-0.2, -0.15) is 0 Å². The van der Waals surface area contributed by atoms with Gasteiger partial charge in [-0.05, 0) is 49.9 Å². The standard InChI is InChI=1S/C16H26N2O2/c1-3-5-14(8-9-19)11-17-12-16(20)18-15-7-4-6-13(2)10-15/h4,6-7,10,14,17,19H,3,5,8-9,11-12H2,1-2H3,(H,18,20). The lowest BCUT2D eigenvalue weighted by molar-refractivity contribution is -0.115. The van der Waals surface area contributed by atoms with Crippen LogP contribution in [0.25, 0.3) is 0 Å². The summed E-state index contributed by atoms with van der Waals surface area (Å²) in [7, 11) is 0. The highest BCUT2D eigenvalue weighted by Crippen LogP contribution is 2.10. The Balaban J connectivity index is 2.28. The monoisotopic (exact) mass is 278 g/mol. The molecule has 0 aliphatic rings. The van der Waals surface area contributed by atoms with E-state index in [4.69, 9.17) is 5.11 Å². The quantitative estimate of drug-likeness (QED) is 0.649. The van der Waals surface area contributed by atoms with Gasteiger partial charge in [0.15, 0.2) is 0 Å². The third-order valence-corrected chi connectivity index (χ3v) is 3.25. The predicted molar refractivity (Wildman–Crippen MR) is 82.8 cm³/mol. The predicted octanol–water partition coefficient (Wildman–Crippen LogP) is 2.32. The van der Waals surface area contributed by atoms with E-state index in [1.807, 2.05) is 31.2 Å². The molecule has 1 rings (SSSR count). The van der Waals surface area contributed by atoms with Gasteiger partial charge in [-0.3, -0.25) is 4.79 Å². The van der Waals surface area contributed by atoms with Crippen molar-refractivity contribution in [2.75, 3.05) is 25.0 Å². The Morgan fingerprint density at radius 3 is 2.80 bits per heavy atom. The van der Waals surface area contributed by atoms with Crippen LogP contribution in [0.5, 0.6) is 0 Å². The lowest BCUT2D eigenvalue weighted by Crippen LogP contribution is -2.32. The van der Waals surface area contributed by atoms with Gasteiger partial charge in [-0.1, -0.05) is 25.5 Å². The van der Waals surface area contributed by atoms with Gasteiger partial charge in [0.1, 0.15) is 0 Å². The van der Waals surface area contributed by atoms with Crippen molar-refractivity contribution in [3.8, 4) is 0 Å². The Kier molecular flexibility index (Phi) is 7.92. The average Bonchev–Trinajstić information content (AvgIpc) is 2.39. The summed E-state index contributed by atoms with van der Waals surface area (Å²) in [5.74, 6) is 0.409. The molecule has 0 bridgehead atoms. The van der Waals surface area contributed by atoms with Crippen LogP contribution in [0.3, 0.4) is 0 Å². The number of benzene rings is 1. The number of aryl methyl sites for hydroxylation is 1. The van der Waals surface area contributed by atoms with Gasteiger partial charge < -0.3 is 15.7 Å². The number of rotatable bonds is 9. The summed E-state index contributed by atoms with van der Waals surface area (Å²) in [5, 5.41) is 15.0. The first-order valence-electron chi connectivity index (χ1n) is 7.33. The van der Waals surface area contributed by atoms with Gasteiger partial charge in [-0.25, -0.2) is 0 Å². The maximum absolute atomic E-state index is 11.8. The second-order valence-corrected chi connectivity index (χ2v) is 5.22. The van der Waals surface area contributed by atoms with Crippen molar-refractivity contribution in [1.29, 1.82) is 0 Å². The molecule has 0 fully saturated rings. The Labute approximate surface area is 121 Å². The van der Waals surface area contributed by atoms with Crippen molar-refractivity contribution in [1.82, 2.24) is 5.32 Å². The molecule has 0 aliphatic heterocycles. The van der Waals surface area contributed by atoms with Gasteiger partial charge in [0.25, 0.3) is 0 Å². The van der Waals surface area contributed by atoms with Crippen LogP contribution in [0, 0.1) is 12.8 Å². The Hall–Kier alpha value is -1.39. The minimum absolute atomic E-state index is 0.0325. The van der Waals surface area contributed by atoms with Crippen LogP contribution in [-0.4, -0.2) is 30.7 Å². The zero-order valence-corrected chi connectivity index (χ0v) is 12.5. The largest absolute Gasteiger partial charge is 0.396 e. The Morgan fingerprint density at radius 2 is 2.15 bits per heavy atom. The van der Waals surface area contributed by atoms with Crippen LogP contribution in [0.4, 0.5) is 5.69 Å². The molecular weight excluding hydrogens is 252 g/mol. The number of aliphatic hydroxyl groups is 1. The molecule has 20 heavy (non-hydrogen) atoms. The Morgan fingerprint density at radius 1 is 1.35 bits per heavy atom. The summed E-state index contributed by atoms with van der Waals surface area (Å²) in [6, 6.07) is 7.76. The van der Waals surface area contributed by atoms with Gasteiger partial charge in [0, 0.05) is 12.3 Å². The lowest BCUT2D eigenvalue weighted by Gasteiger charge is -2.15. The summed E-state index contributed by atoms with van der Waals surface area (Å²) in [6.45, 7) is 5.42. The van der Waals surface area contributed by atoms with Gasteiger partial charge >= 0.3 is 0 Å². The molecule has 3 N–H and O–H groups in total. The Bertz CT molecular complexity index is 401. The van der Waals surface area contributed by atoms with E-state index in [-0.39, 0.29) is 12.5 Å². The number of hydrogen-bond acceptors (Lipinski definition) is 3. The van der Waals surface area contributed by atoms with E-state index in [0.29, 0.717) is 12.5 Å². The zero-order valence-electron chi connectivity index (χ0n) is 12.5. The number of nitrogens with one attached hydrogen (secondary N) is 2. The number of hydrogen-bond donors (Lipinski definition) is 3. The molecule has 4 nitrogen and oxygen atoms in total. The van der Waals surface area contributed by atoms with E-state index in [1.165, 1.54) is 0 Å². The SMILES string of the molecule is CCCC(CCO)CNCC(=O)Nc1cccc(C)c1. The third-order valence-electron chi connectivity index (χ3n) is 3.25. The molecule has 112 valence electrons. The third kappa shape index (κ3) is 6.68. The molecular formula is C16H26N2O2. The average molecular weight is 278 g/mol. The summed E-state index contributed by atoms with van der Waals surface area (Å²) in [5.41, 5.74) is 1.96.